The third kappa shape index (κ3) is 4.24. The Balaban J connectivity index is 1.21. The third-order valence-electron chi connectivity index (χ3n) is 7.48. The van der Waals surface area contributed by atoms with Gasteiger partial charge in [-0.25, -0.2) is 13.6 Å². The first-order chi connectivity index (χ1) is 16.7. The average Bonchev–Trinajstić information content (AvgIpc) is 3.30. The van der Waals surface area contributed by atoms with Gasteiger partial charge in [0.2, 0.25) is 5.91 Å². The molecule has 2 amide bonds. The molecule has 2 aliphatic carbocycles. The lowest BCUT2D eigenvalue weighted by atomic mass is 9.74. The van der Waals surface area contributed by atoms with Gasteiger partial charge >= 0.3 is 12.1 Å². The molecule has 0 bridgehead atoms. The highest BCUT2D eigenvalue weighted by molar-refractivity contribution is 5.82. The smallest absolute Gasteiger partial charge is 0.407 e. The number of nitrogens with zero attached hydrogens (tertiary/aromatic N) is 1. The number of alkyl halides is 2. The summed E-state index contributed by atoms with van der Waals surface area (Å²) in [6, 6.07) is 16.0. The van der Waals surface area contributed by atoms with Gasteiger partial charge in [-0.05, 0) is 41.5 Å². The third-order valence-corrected chi connectivity index (χ3v) is 7.48. The van der Waals surface area contributed by atoms with Gasteiger partial charge in [0.05, 0.1) is 18.5 Å². The fraction of sp³-hybridized carbons (Fsp3) is 0.423. The summed E-state index contributed by atoms with van der Waals surface area (Å²) in [6.45, 7) is -1.34. The van der Waals surface area contributed by atoms with Crippen LogP contribution in [0.25, 0.3) is 11.1 Å². The zero-order valence-electron chi connectivity index (χ0n) is 19.0. The number of likely N-dealkylation sites (tertiary alicyclic amines) is 1. The molecule has 2 aromatic rings. The lowest BCUT2D eigenvalue weighted by Gasteiger charge is -2.42. The summed E-state index contributed by atoms with van der Waals surface area (Å²) in [5.74, 6) is -7.72. The van der Waals surface area contributed by atoms with Gasteiger partial charge in [0.15, 0.2) is 0 Å². The van der Waals surface area contributed by atoms with Crippen molar-refractivity contribution in [3.05, 3.63) is 59.7 Å². The Bertz CT molecular complexity index is 1130. The Kier molecular flexibility index (Phi) is 5.73. The van der Waals surface area contributed by atoms with Crippen LogP contribution < -0.4 is 5.32 Å². The largest absolute Gasteiger partial charge is 0.481 e. The number of alkyl carbamates (subject to hydrolysis) is 1. The number of halogens is 2. The maximum Gasteiger partial charge on any atom is 0.407 e. The number of nitrogens with one attached hydrogen (secondary N) is 1. The molecule has 1 saturated carbocycles. The Morgan fingerprint density at radius 1 is 1.03 bits per heavy atom. The van der Waals surface area contributed by atoms with Crippen molar-refractivity contribution in [1.82, 2.24) is 10.2 Å². The number of benzene rings is 2. The fourth-order valence-electron chi connectivity index (χ4n) is 5.43. The predicted molar refractivity (Wildman–Crippen MR) is 122 cm³/mol. The summed E-state index contributed by atoms with van der Waals surface area (Å²) in [5.41, 5.74) is 3.52. The van der Waals surface area contributed by atoms with E-state index in [0.29, 0.717) is 12.8 Å². The van der Waals surface area contributed by atoms with E-state index in [0.717, 1.165) is 33.6 Å². The molecule has 3 aliphatic rings. The zero-order chi connectivity index (χ0) is 24.8. The molecule has 0 radical (unpaired) electrons. The molecular formula is C26H26F2N2O5. The summed E-state index contributed by atoms with van der Waals surface area (Å²) >= 11 is 0. The summed E-state index contributed by atoms with van der Waals surface area (Å²) < 4.78 is 33.6. The van der Waals surface area contributed by atoms with Crippen LogP contribution in [-0.2, 0) is 14.3 Å². The van der Waals surface area contributed by atoms with Crippen LogP contribution in [0.2, 0.25) is 0 Å². The number of amides is 2. The van der Waals surface area contributed by atoms with Crippen molar-refractivity contribution in [2.45, 2.75) is 43.1 Å². The van der Waals surface area contributed by atoms with E-state index in [4.69, 9.17) is 9.84 Å². The van der Waals surface area contributed by atoms with Crippen LogP contribution in [0, 0.1) is 5.92 Å². The summed E-state index contributed by atoms with van der Waals surface area (Å²) in [5, 5.41) is 11.8. The molecule has 1 aliphatic heterocycles. The molecule has 1 atom stereocenters. The van der Waals surface area contributed by atoms with Gasteiger partial charge in [-0.1, -0.05) is 48.5 Å². The Labute approximate surface area is 201 Å². The summed E-state index contributed by atoms with van der Waals surface area (Å²) in [6.07, 6.45) is 1.00. The van der Waals surface area contributed by atoms with Crippen molar-refractivity contribution in [1.29, 1.82) is 0 Å². The summed E-state index contributed by atoms with van der Waals surface area (Å²) in [4.78, 5) is 37.5. The average molecular weight is 484 g/mol. The van der Waals surface area contributed by atoms with Gasteiger partial charge < -0.3 is 20.1 Å². The first-order valence-electron chi connectivity index (χ1n) is 11.7. The van der Waals surface area contributed by atoms with Crippen molar-refractivity contribution in [3.63, 3.8) is 0 Å². The van der Waals surface area contributed by atoms with E-state index in [1.807, 2.05) is 48.5 Å². The molecule has 0 spiro atoms. The van der Waals surface area contributed by atoms with Crippen LogP contribution in [0.1, 0.15) is 42.7 Å². The van der Waals surface area contributed by atoms with Crippen LogP contribution >= 0.6 is 0 Å². The highest BCUT2D eigenvalue weighted by Crippen LogP contribution is 2.44. The molecule has 1 saturated heterocycles. The number of carbonyl (C=O) groups excluding carboxylic acids is 2. The number of rotatable bonds is 6. The SMILES string of the molecule is O=C(NC1(CC(=O)N2CC(C(=O)O)C(F)(F)C2)CCC1)OCC1c2ccccc2-c2ccccc21. The lowest BCUT2D eigenvalue weighted by Crippen LogP contribution is -2.56. The van der Waals surface area contributed by atoms with E-state index in [-0.39, 0.29) is 18.9 Å². The van der Waals surface area contributed by atoms with E-state index >= 15 is 0 Å². The van der Waals surface area contributed by atoms with Crippen LogP contribution in [0.15, 0.2) is 48.5 Å². The van der Waals surface area contributed by atoms with E-state index in [2.05, 4.69) is 5.32 Å². The van der Waals surface area contributed by atoms with E-state index in [1.54, 1.807) is 0 Å². The molecule has 2 aromatic carbocycles. The molecule has 2 fully saturated rings. The van der Waals surface area contributed by atoms with E-state index < -0.39 is 48.4 Å². The highest BCUT2D eigenvalue weighted by atomic mass is 19.3. The van der Waals surface area contributed by atoms with Crippen molar-refractivity contribution < 1.29 is 33.0 Å². The normalized spacial score (nSPS) is 21.5. The lowest BCUT2D eigenvalue weighted by molar-refractivity contribution is -0.151. The number of hydrogen-bond acceptors (Lipinski definition) is 4. The molecule has 9 heteroatoms. The van der Waals surface area contributed by atoms with Gasteiger partial charge in [0, 0.05) is 12.5 Å². The monoisotopic (exact) mass is 484 g/mol. The van der Waals surface area contributed by atoms with Gasteiger partial charge in [-0.3, -0.25) is 9.59 Å². The fourth-order valence-corrected chi connectivity index (χ4v) is 5.43. The summed E-state index contributed by atoms with van der Waals surface area (Å²) in [7, 11) is 0. The Hall–Kier alpha value is -3.49. The van der Waals surface area contributed by atoms with Gasteiger partial charge in [-0.15, -0.1) is 0 Å². The minimum Gasteiger partial charge on any atom is -0.481 e. The predicted octanol–water partition coefficient (Wildman–Crippen LogP) is 4.02. The standard InChI is InChI=1S/C26H26F2N2O5/c27-26(28)15-30(13-21(26)23(32)33)22(31)12-25(10-5-11-25)29-24(34)35-14-20-18-8-3-1-6-16(18)17-7-2-4-9-19(17)20/h1-4,6-9,20-21H,5,10-15H2,(H,29,34)(H,32,33). The number of ether oxygens (including phenoxy) is 1. The van der Waals surface area contributed by atoms with Crippen molar-refractivity contribution >= 4 is 18.0 Å². The molecule has 7 nitrogen and oxygen atoms in total. The molecule has 5 rings (SSSR count). The van der Waals surface area contributed by atoms with Crippen molar-refractivity contribution in [3.8, 4) is 11.1 Å². The molecule has 35 heavy (non-hydrogen) atoms. The molecule has 1 unspecified atom stereocenters. The van der Waals surface area contributed by atoms with Crippen LogP contribution in [0.4, 0.5) is 13.6 Å². The van der Waals surface area contributed by atoms with Crippen LogP contribution in [0.5, 0.6) is 0 Å². The van der Waals surface area contributed by atoms with Gasteiger partial charge in [-0.2, -0.15) is 0 Å². The van der Waals surface area contributed by atoms with Crippen LogP contribution in [0.3, 0.4) is 0 Å². The van der Waals surface area contributed by atoms with E-state index in [1.165, 1.54) is 0 Å². The first-order valence-corrected chi connectivity index (χ1v) is 11.7. The number of hydrogen-bond donors (Lipinski definition) is 2. The number of carboxylic acid groups (broad SMARTS) is 1. The number of carboxylic acids is 1. The minimum absolute atomic E-state index is 0.105. The zero-order valence-corrected chi connectivity index (χ0v) is 19.0. The van der Waals surface area contributed by atoms with Gasteiger partial charge in [0.1, 0.15) is 12.5 Å². The second-order valence-electron chi connectivity index (χ2n) is 9.69. The van der Waals surface area contributed by atoms with Crippen molar-refractivity contribution in [2.24, 2.45) is 5.92 Å². The Morgan fingerprint density at radius 3 is 2.14 bits per heavy atom. The quantitative estimate of drug-likeness (QED) is 0.646. The van der Waals surface area contributed by atoms with Crippen LogP contribution in [-0.4, -0.2) is 59.1 Å². The molecule has 184 valence electrons. The van der Waals surface area contributed by atoms with Crippen molar-refractivity contribution in [2.75, 3.05) is 19.7 Å². The topological polar surface area (TPSA) is 95.9 Å². The minimum atomic E-state index is -3.48. The maximum absolute atomic E-state index is 14.0. The number of carbonyl (C=O) groups is 3. The Morgan fingerprint density at radius 2 is 1.63 bits per heavy atom. The number of aliphatic carboxylic acids is 1. The first kappa shape index (κ1) is 23.3. The second kappa shape index (κ2) is 8.62. The molecule has 1 heterocycles. The molecule has 0 aromatic heterocycles. The maximum atomic E-state index is 14.0. The van der Waals surface area contributed by atoms with Gasteiger partial charge in [0.25, 0.3) is 5.92 Å². The highest BCUT2D eigenvalue weighted by Gasteiger charge is 2.54. The second-order valence-corrected chi connectivity index (χ2v) is 9.69. The molecular weight excluding hydrogens is 458 g/mol. The number of fused-ring (bicyclic) bond motifs is 3. The molecule has 2 N–H and O–H groups in total. The van der Waals surface area contributed by atoms with E-state index in [9.17, 15) is 23.2 Å².